The fraction of sp³-hybridized carbons (Fsp3) is 0.407. The average molecular weight is 522 g/mol. The number of aryl methyl sites for hydroxylation is 2. The van der Waals surface area contributed by atoms with E-state index in [1.165, 1.54) is 23.5 Å². The predicted octanol–water partition coefficient (Wildman–Crippen LogP) is 6.58. The quantitative estimate of drug-likeness (QED) is 0.267. The molecule has 1 heterocycles. The smallest absolute Gasteiger partial charge is 0.416 e. The lowest BCUT2D eigenvalue weighted by Gasteiger charge is -2.17. The van der Waals surface area contributed by atoms with Crippen molar-refractivity contribution in [1.82, 2.24) is 4.98 Å². The van der Waals surface area contributed by atoms with Crippen molar-refractivity contribution in [3.63, 3.8) is 0 Å². The van der Waals surface area contributed by atoms with Gasteiger partial charge < -0.3 is 14.2 Å². The van der Waals surface area contributed by atoms with Gasteiger partial charge in [-0.05, 0) is 63.1 Å². The minimum Gasteiger partial charge on any atom is -0.493 e. The van der Waals surface area contributed by atoms with Crippen molar-refractivity contribution in [2.24, 2.45) is 0 Å². The van der Waals surface area contributed by atoms with Gasteiger partial charge in [-0.2, -0.15) is 13.2 Å². The molecule has 5 nitrogen and oxygen atoms in total. The minimum absolute atomic E-state index is 0.304. The number of esters is 1. The molecule has 1 aromatic heterocycles. The van der Waals surface area contributed by atoms with E-state index < -0.39 is 17.8 Å². The predicted molar refractivity (Wildman–Crippen MR) is 133 cm³/mol. The molecule has 194 valence electrons. The van der Waals surface area contributed by atoms with E-state index in [9.17, 15) is 18.0 Å². The monoisotopic (exact) mass is 521 g/mol. The van der Waals surface area contributed by atoms with Crippen LogP contribution in [0, 0.1) is 13.8 Å². The van der Waals surface area contributed by atoms with Gasteiger partial charge in [-0.25, -0.2) is 9.78 Å². The number of ether oxygens (including phenoxy) is 3. The van der Waals surface area contributed by atoms with Gasteiger partial charge in [0.05, 0.1) is 24.5 Å². The molecule has 0 radical (unpaired) electrons. The maximum absolute atomic E-state index is 12.8. The van der Waals surface area contributed by atoms with E-state index in [4.69, 9.17) is 14.2 Å². The summed E-state index contributed by atoms with van der Waals surface area (Å²) in [4.78, 5) is 17.8. The van der Waals surface area contributed by atoms with Crippen LogP contribution >= 0.6 is 11.3 Å². The lowest BCUT2D eigenvalue weighted by Crippen LogP contribution is -2.29. The van der Waals surface area contributed by atoms with Crippen molar-refractivity contribution < 1.29 is 32.2 Å². The van der Waals surface area contributed by atoms with Gasteiger partial charge in [0, 0.05) is 29.9 Å². The molecule has 0 aliphatic carbocycles. The van der Waals surface area contributed by atoms with Crippen molar-refractivity contribution in [3.8, 4) is 16.3 Å². The Labute approximate surface area is 213 Å². The molecule has 0 aliphatic rings. The lowest BCUT2D eigenvalue weighted by atomic mass is 10.0. The molecule has 0 spiro atoms. The van der Waals surface area contributed by atoms with Gasteiger partial charge in [0.15, 0.2) is 6.10 Å². The van der Waals surface area contributed by atoms with Crippen molar-refractivity contribution >= 4 is 17.3 Å². The molecule has 3 aromatic rings. The highest BCUT2D eigenvalue weighted by atomic mass is 32.1. The second kappa shape index (κ2) is 12.4. The van der Waals surface area contributed by atoms with Crippen molar-refractivity contribution in [2.75, 3.05) is 19.8 Å². The third-order valence-corrected chi connectivity index (χ3v) is 6.66. The summed E-state index contributed by atoms with van der Waals surface area (Å²) in [6.45, 7) is 8.63. The number of hydrogen-bond acceptors (Lipinski definition) is 6. The van der Waals surface area contributed by atoms with Crippen LogP contribution in [0.2, 0.25) is 0 Å². The van der Waals surface area contributed by atoms with Gasteiger partial charge in [-0.3, -0.25) is 0 Å². The van der Waals surface area contributed by atoms with Crippen LogP contribution in [-0.2, 0) is 33.3 Å². The highest BCUT2D eigenvalue weighted by molar-refractivity contribution is 7.15. The first-order chi connectivity index (χ1) is 17.1. The van der Waals surface area contributed by atoms with Gasteiger partial charge in [0.25, 0.3) is 0 Å². The molecule has 36 heavy (non-hydrogen) atoms. The molecule has 1 unspecified atom stereocenters. The summed E-state index contributed by atoms with van der Waals surface area (Å²) in [6.07, 6.45) is -4.02. The Morgan fingerprint density at radius 1 is 1.06 bits per heavy atom. The van der Waals surface area contributed by atoms with Crippen molar-refractivity contribution in [1.29, 1.82) is 0 Å². The molecule has 1 atom stereocenters. The van der Waals surface area contributed by atoms with Gasteiger partial charge >= 0.3 is 12.1 Å². The first-order valence-electron chi connectivity index (χ1n) is 11.8. The number of carbonyl (C=O) groups excluding carboxylic acids is 1. The second-order valence-electron chi connectivity index (χ2n) is 8.18. The number of rotatable bonds is 11. The molecule has 0 bridgehead atoms. The van der Waals surface area contributed by atoms with Gasteiger partial charge in [-0.15, -0.1) is 11.3 Å². The Balaban J connectivity index is 1.59. The van der Waals surface area contributed by atoms with Crippen LogP contribution in [0.3, 0.4) is 0 Å². The topological polar surface area (TPSA) is 57.7 Å². The fourth-order valence-corrected chi connectivity index (χ4v) is 4.65. The number of thiazole rings is 1. The van der Waals surface area contributed by atoms with E-state index in [-0.39, 0.29) is 5.97 Å². The number of alkyl halides is 3. The second-order valence-corrected chi connectivity index (χ2v) is 9.39. The molecule has 0 aliphatic heterocycles. The molecule has 0 N–H and O–H groups in total. The largest absolute Gasteiger partial charge is 0.493 e. The Hall–Kier alpha value is -2.91. The van der Waals surface area contributed by atoms with Crippen LogP contribution in [-0.4, -0.2) is 36.9 Å². The SMILES string of the molecule is CCOC(=O)C(Cc1ccc(OCCc2nc(-c3ccc(C(F)(F)F)cc3)sc2C)cc1C)OCC. The summed E-state index contributed by atoms with van der Waals surface area (Å²) < 4.78 is 55.0. The number of nitrogens with zero attached hydrogens (tertiary/aromatic N) is 1. The number of hydrogen-bond donors (Lipinski definition) is 0. The molecular formula is C27H30F3NO4S. The van der Waals surface area contributed by atoms with Crippen LogP contribution in [0.15, 0.2) is 42.5 Å². The summed E-state index contributed by atoms with van der Waals surface area (Å²) in [5, 5.41) is 0.682. The molecule has 0 saturated heterocycles. The molecule has 0 amide bonds. The van der Waals surface area contributed by atoms with E-state index in [2.05, 4.69) is 4.98 Å². The van der Waals surface area contributed by atoms with Gasteiger partial charge in [0.1, 0.15) is 10.8 Å². The Morgan fingerprint density at radius 3 is 2.39 bits per heavy atom. The lowest BCUT2D eigenvalue weighted by molar-refractivity contribution is -0.156. The normalized spacial score (nSPS) is 12.4. The van der Waals surface area contributed by atoms with Crippen molar-refractivity contribution in [3.05, 3.63) is 69.7 Å². The number of aromatic nitrogens is 1. The third kappa shape index (κ3) is 7.30. The number of halogens is 3. The Kier molecular flexibility index (Phi) is 9.50. The standard InChI is InChI=1S/C27H30F3NO4S/c1-5-33-24(26(32)34-6-2)16-20-9-12-22(15-17(20)3)35-14-13-23-18(4)36-25(31-23)19-7-10-21(11-8-19)27(28,29)30/h7-12,15,24H,5-6,13-14,16H2,1-4H3. The zero-order valence-corrected chi connectivity index (χ0v) is 21.6. The zero-order chi connectivity index (χ0) is 26.3. The number of benzene rings is 2. The molecule has 0 fully saturated rings. The zero-order valence-electron chi connectivity index (χ0n) is 20.8. The number of carbonyl (C=O) groups is 1. The van der Waals surface area contributed by atoms with Crippen molar-refractivity contribution in [2.45, 2.75) is 52.8 Å². The van der Waals surface area contributed by atoms with E-state index in [0.717, 1.165) is 33.8 Å². The third-order valence-electron chi connectivity index (χ3n) is 5.60. The maximum Gasteiger partial charge on any atom is 0.416 e. The molecule has 3 rings (SSSR count). The highest BCUT2D eigenvalue weighted by Gasteiger charge is 2.30. The molecular weight excluding hydrogens is 491 g/mol. The van der Waals surface area contributed by atoms with Crippen LogP contribution in [0.1, 0.15) is 41.1 Å². The Morgan fingerprint density at radius 2 is 1.78 bits per heavy atom. The van der Waals surface area contributed by atoms with Gasteiger partial charge in [0.2, 0.25) is 0 Å². The first kappa shape index (κ1) is 27.7. The van der Waals surface area contributed by atoms with Crippen LogP contribution < -0.4 is 4.74 Å². The van der Waals surface area contributed by atoms with Gasteiger partial charge in [-0.1, -0.05) is 18.2 Å². The van der Waals surface area contributed by atoms with E-state index in [0.29, 0.717) is 49.0 Å². The summed E-state index contributed by atoms with van der Waals surface area (Å²) in [5.74, 6) is 0.338. The summed E-state index contributed by atoms with van der Waals surface area (Å²) in [6, 6.07) is 10.7. The Bertz CT molecular complexity index is 1160. The molecule has 2 aromatic carbocycles. The average Bonchev–Trinajstić information content (AvgIpc) is 3.20. The van der Waals surface area contributed by atoms with Crippen LogP contribution in [0.25, 0.3) is 10.6 Å². The summed E-state index contributed by atoms with van der Waals surface area (Å²) >= 11 is 1.45. The minimum atomic E-state index is -4.36. The maximum atomic E-state index is 12.8. The van der Waals surface area contributed by atoms with Crippen LogP contribution in [0.4, 0.5) is 13.2 Å². The first-order valence-corrected chi connectivity index (χ1v) is 12.6. The summed E-state index contributed by atoms with van der Waals surface area (Å²) in [7, 11) is 0. The fourth-order valence-electron chi connectivity index (χ4n) is 3.68. The summed E-state index contributed by atoms with van der Waals surface area (Å²) in [5.41, 5.74) is 2.80. The van der Waals surface area contributed by atoms with E-state index in [1.54, 1.807) is 6.92 Å². The van der Waals surface area contributed by atoms with E-state index in [1.807, 2.05) is 39.0 Å². The highest BCUT2D eigenvalue weighted by Crippen LogP contribution is 2.33. The van der Waals surface area contributed by atoms with E-state index >= 15 is 0 Å². The molecule has 9 heteroatoms. The van der Waals surface area contributed by atoms with Crippen LogP contribution in [0.5, 0.6) is 5.75 Å². The molecule has 0 saturated carbocycles.